The first-order valence-corrected chi connectivity index (χ1v) is 14.6. The quantitative estimate of drug-likeness (QED) is 0.213. The lowest BCUT2D eigenvalue weighted by Gasteiger charge is -2.17. The van der Waals surface area contributed by atoms with E-state index in [1.807, 2.05) is 58.0 Å². The van der Waals surface area contributed by atoms with E-state index >= 15 is 0 Å². The maximum absolute atomic E-state index is 13.5. The van der Waals surface area contributed by atoms with Crippen molar-refractivity contribution in [3.63, 3.8) is 0 Å². The Hall–Kier alpha value is -3.89. The predicted molar refractivity (Wildman–Crippen MR) is 153 cm³/mol. The molecule has 0 radical (unpaired) electrons. The van der Waals surface area contributed by atoms with Crippen molar-refractivity contribution in [3.05, 3.63) is 82.3 Å². The number of pyridine rings is 1. The monoisotopic (exact) mass is 565 g/mol. The Kier molecular flexibility index (Phi) is 9.11. The molecule has 9 nitrogen and oxygen atoms in total. The summed E-state index contributed by atoms with van der Waals surface area (Å²) >= 11 is 0. The van der Waals surface area contributed by atoms with Crippen molar-refractivity contribution in [1.82, 2.24) is 10.1 Å². The van der Waals surface area contributed by atoms with E-state index in [4.69, 9.17) is 18.7 Å². The minimum absolute atomic E-state index is 0.0994. The van der Waals surface area contributed by atoms with Gasteiger partial charge in [-0.3, -0.25) is 4.98 Å². The predicted octanol–water partition coefficient (Wildman–Crippen LogP) is 6.29. The molecule has 0 saturated heterocycles. The maximum Gasteiger partial charge on any atom is 0.264 e. The van der Waals surface area contributed by atoms with Crippen molar-refractivity contribution in [2.75, 3.05) is 17.9 Å². The van der Waals surface area contributed by atoms with Crippen molar-refractivity contribution >= 4 is 15.9 Å². The lowest BCUT2D eigenvalue weighted by molar-refractivity contribution is 0.134. The Balaban J connectivity index is 1.68. The number of rotatable bonds is 12. The van der Waals surface area contributed by atoms with E-state index in [1.165, 1.54) is 0 Å². The fraction of sp³-hybridized carbons (Fsp3) is 0.333. The summed E-state index contributed by atoms with van der Waals surface area (Å²) in [5.74, 6) is 1.35. The van der Waals surface area contributed by atoms with Crippen LogP contribution in [-0.2, 0) is 28.0 Å². The highest BCUT2D eigenvalue weighted by molar-refractivity contribution is 7.92. The van der Waals surface area contributed by atoms with E-state index in [2.05, 4.69) is 14.9 Å². The van der Waals surface area contributed by atoms with Gasteiger partial charge in [0.2, 0.25) is 5.88 Å². The molecule has 0 saturated carbocycles. The summed E-state index contributed by atoms with van der Waals surface area (Å²) < 4.78 is 52.4. The molecule has 0 aliphatic rings. The Bertz CT molecular complexity index is 1600. The summed E-state index contributed by atoms with van der Waals surface area (Å²) in [4.78, 5) is 4.60. The summed E-state index contributed by atoms with van der Waals surface area (Å²) in [7, 11) is -3.98. The number of hydrogen-bond acceptors (Lipinski definition) is 8. The second-order valence-electron chi connectivity index (χ2n) is 9.35. The number of nitrogens with zero attached hydrogens (tertiary/aromatic N) is 2. The van der Waals surface area contributed by atoms with E-state index in [0.29, 0.717) is 48.1 Å². The SMILES string of the molecule is CCOCc1cc(COc2cc(C)nc(C)c2OCC)ccc1-c1ccccc1S(=O)(=O)Nc1onc(C)c1C. The van der Waals surface area contributed by atoms with E-state index in [0.717, 1.165) is 28.1 Å². The molecule has 0 amide bonds. The van der Waals surface area contributed by atoms with E-state index < -0.39 is 10.0 Å². The lowest BCUT2D eigenvalue weighted by atomic mass is 9.98. The molecule has 0 fully saturated rings. The van der Waals surface area contributed by atoms with Crippen LogP contribution in [0.2, 0.25) is 0 Å². The molecule has 4 aromatic rings. The standard InChI is InChI=1S/C30H35N3O6S/c1-7-36-18-24-16-23(17-38-27-15-19(3)31-22(6)29(27)37-8-2)13-14-25(24)26-11-9-10-12-28(26)40(34,35)33-30-20(4)21(5)32-39-30/h9-16,33H,7-8,17-18H2,1-6H3. The van der Waals surface area contributed by atoms with Gasteiger partial charge in [-0.05, 0) is 70.4 Å². The van der Waals surface area contributed by atoms with Crippen LogP contribution in [0, 0.1) is 27.7 Å². The molecule has 212 valence electrons. The zero-order chi connectivity index (χ0) is 28.9. The minimum atomic E-state index is -3.98. The number of aromatic nitrogens is 2. The van der Waals surface area contributed by atoms with Crippen LogP contribution in [0.5, 0.6) is 11.5 Å². The highest BCUT2D eigenvalue weighted by Crippen LogP contribution is 2.34. The molecule has 0 atom stereocenters. The van der Waals surface area contributed by atoms with Gasteiger partial charge in [0.05, 0.1) is 29.5 Å². The van der Waals surface area contributed by atoms with Gasteiger partial charge in [0.25, 0.3) is 10.0 Å². The van der Waals surface area contributed by atoms with E-state index in [-0.39, 0.29) is 17.4 Å². The molecule has 0 aliphatic heterocycles. The van der Waals surface area contributed by atoms with Gasteiger partial charge in [-0.15, -0.1) is 0 Å². The Labute approximate surface area is 235 Å². The van der Waals surface area contributed by atoms with E-state index in [1.54, 1.807) is 32.0 Å². The second kappa shape index (κ2) is 12.5. The number of anilines is 1. The topological polar surface area (TPSA) is 113 Å². The largest absolute Gasteiger partial charge is 0.488 e. The van der Waals surface area contributed by atoms with Crippen LogP contribution < -0.4 is 14.2 Å². The summed E-state index contributed by atoms with van der Waals surface area (Å²) in [6.07, 6.45) is 0. The third-order valence-corrected chi connectivity index (χ3v) is 7.79. The third-order valence-electron chi connectivity index (χ3n) is 6.40. The van der Waals surface area contributed by atoms with Gasteiger partial charge in [-0.1, -0.05) is 35.5 Å². The molecule has 1 N–H and O–H groups in total. The highest BCUT2D eigenvalue weighted by atomic mass is 32.2. The first-order valence-electron chi connectivity index (χ1n) is 13.1. The summed E-state index contributed by atoms with van der Waals surface area (Å²) in [5.41, 5.74) is 5.89. The third kappa shape index (κ3) is 6.46. The number of benzene rings is 2. The highest BCUT2D eigenvalue weighted by Gasteiger charge is 2.24. The summed E-state index contributed by atoms with van der Waals surface area (Å²) in [5, 5.41) is 3.86. The van der Waals surface area contributed by atoms with Crippen LogP contribution in [0.4, 0.5) is 5.88 Å². The smallest absolute Gasteiger partial charge is 0.264 e. The number of sulfonamides is 1. The molecular weight excluding hydrogens is 530 g/mol. The Morgan fingerprint density at radius 2 is 1.65 bits per heavy atom. The minimum Gasteiger partial charge on any atom is -0.488 e. The normalized spacial score (nSPS) is 11.4. The van der Waals surface area contributed by atoms with Crippen molar-refractivity contribution in [3.8, 4) is 22.6 Å². The van der Waals surface area contributed by atoms with E-state index in [9.17, 15) is 8.42 Å². The van der Waals surface area contributed by atoms with Crippen LogP contribution in [0.25, 0.3) is 11.1 Å². The molecule has 10 heteroatoms. The molecule has 0 bridgehead atoms. The summed E-state index contributed by atoms with van der Waals surface area (Å²) in [6, 6.07) is 14.5. The second-order valence-corrected chi connectivity index (χ2v) is 11.0. The van der Waals surface area contributed by atoms with Gasteiger partial charge in [0, 0.05) is 29.5 Å². The van der Waals surface area contributed by atoms with Crippen molar-refractivity contribution in [2.45, 2.75) is 59.7 Å². The van der Waals surface area contributed by atoms with Crippen LogP contribution >= 0.6 is 0 Å². The number of ether oxygens (including phenoxy) is 3. The zero-order valence-electron chi connectivity index (χ0n) is 23.7. The first-order chi connectivity index (χ1) is 19.1. The van der Waals surface area contributed by atoms with Crippen molar-refractivity contribution in [2.24, 2.45) is 0 Å². The number of hydrogen-bond donors (Lipinski definition) is 1. The number of aryl methyl sites for hydroxylation is 3. The fourth-order valence-electron chi connectivity index (χ4n) is 4.31. The molecule has 0 spiro atoms. The summed E-state index contributed by atoms with van der Waals surface area (Å²) in [6.45, 7) is 12.8. The molecule has 2 aromatic carbocycles. The molecule has 2 heterocycles. The molecule has 40 heavy (non-hydrogen) atoms. The maximum atomic E-state index is 13.5. The van der Waals surface area contributed by atoms with Crippen molar-refractivity contribution < 1.29 is 27.2 Å². The van der Waals surface area contributed by atoms with Gasteiger partial charge >= 0.3 is 0 Å². The number of nitrogens with one attached hydrogen (secondary N) is 1. The Morgan fingerprint density at radius 1 is 0.875 bits per heavy atom. The molecular formula is C30H35N3O6S. The van der Waals surface area contributed by atoms with Gasteiger partial charge in [-0.2, -0.15) is 0 Å². The van der Waals surface area contributed by atoms with Gasteiger partial charge in [-0.25, -0.2) is 13.1 Å². The lowest BCUT2D eigenvalue weighted by Crippen LogP contribution is -2.14. The van der Waals surface area contributed by atoms with Gasteiger partial charge < -0.3 is 18.7 Å². The molecule has 0 aliphatic carbocycles. The Morgan fingerprint density at radius 3 is 2.35 bits per heavy atom. The fourth-order valence-corrected chi connectivity index (χ4v) is 5.58. The average molecular weight is 566 g/mol. The van der Waals surface area contributed by atoms with Gasteiger partial charge in [0.15, 0.2) is 11.5 Å². The molecule has 0 unspecified atom stereocenters. The first kappa shape index (κ1) is 29.1. The van der Waals surface area contributed by atoms with Crippen LogP contribution in [0.15, 0.2) is 57.9 Å². The van der Waals surface area contributed by atoms with Gasteiger partial charge in [0.1, 0.15) is 6.61 Å². The van der Waals surface area contributed by atoms with Crippen LogP contribution in [0.3, 0.4) is 0 Å². The van der Waals surface area contributed by atoms with Crippen molar-refractivity contribution in [1.29, 1.82) is 0 Å². The zero-order valence-corrected chi connectivity index (χ0v) is 24.5. The molecule has 4 rings (SSSR count). The van der Waals surface area contributed by atoms with Crippen LogP contribution in [-0.4, -0.2) is 31.8 Å². The van der Waals surface area contributed by atoms with Crippen LogP contribution in [0.1, 0.15) is 47.6 Å². The molecule has 2 aromatic heterocycles. The average Bonchev–Trinajstić information content (AvgIpc) is 3.24.